The predicted octanol–water partition coefficient (Wildman–Crippen LogP) is 1.08. The summed E-state index contributed by atoms with van der Waals surface area (Å²) in [4.78, 5) is 0. The molecule has 0 aliphatic rings. The van der Waals surface area contributed by atoms with Crippen molar-refractivity contribution in [3.8, 4) is 0 Å². The summed E-state index contributed by atoms with van der Waals surface area (Å²) < 4.78 is 10.8. The Labute approximate surface area is 33.3 Å². The Balaban J connectivity index is 2.62. The van der Waals surface area contributed by atoms with Gasteiger partial charge in [-0.15, -0.1) is 0 Å². The molecule has 30 valence electrons. The third kappa shape index (κ3) is 4.10. The van der Waals surface area contributed by atoms with Crippen LogP contribution in [0.3, 0.4) is 0 Å². The maximum atomic E-state index is 10.8. The third-order valence-electron chi connectivity index (χ3n) is 0.256. The first kappa shape index (κ1) is 5.10. The molecule has 0 aromatic carbocycles. The number of hydrogen-bond acceptors (Lipinski definition) is 0. The molecule has 0 aromatic rings. The lowest BCUT2D eigenvalue weighted by atomic mass is 10.7. The van der Waals surface area contributed by atoms with E-state index in [9.17, 15) is 4.39 Å². The van der Waals surface area contributed by atoms with Crippen molar-refractivity contribution in [1.29, 1.82) is 0 Å². The molecule has 2 heteroatoms. The van der Waals surface area contributed by atoms with Crippen molar-refractivity contribution in [3.63, 3.8) is 0 Å². The van der Waals surface area contributed by atoms with E-state index in [4.69, 9.17) is 0 Å². The molecule has 0 aromatic heterocycles. The Bertz CT molecular complexity index is 33.9. The maximum Gasteiger partial charge on any atom is 0.0862 e. The van der Waals surface area contributed by atoms with Crippen LogP contribution in [0.1, 0.15) is 0 Å². The summed E-state index contributed by atoms with van der Waals surface area (Å²) in [7, 11) is 1.72. The second kappa shape index (κ2) is 4.10. The van der Waals surface area contributed by atoms with E-state index in [-0.39, 0.29) is 0 Å². The van der Waals surface area contributed by atoms with E-state index in [1.807, 2.05) is 0 Å². The van der Waals surface area contributed by atoms with Crippen LogP contribution in [-0.2, 0) is 0 Å². The molecule has 0 bridgehead atoms. The molecular weight excluding hydrogens is 86.0 g/mol. The minimum absolute atomic E-state index is 0.562. The highest BCUT2D eigenvalue weighted by Gasteiger charge is 1.60. The van der Waals surface area contributed by atoms with Gasteiger partial charge in [-0.1, -0.05) is 0 Å². The van der Waals surface area contributed by atoms with Gasteiger partial charge in [0.2, 0.25) is 0 Å². The van der Waals surface area contributed by atoms with Crippen LogP contribution in [0.15, 0.2) is 12.4 Å². The lowest BCUT2D eigenvalue weighted by Gasteiger charge is -1.57. The molecule has 5 heavy (non-hydrogen) atoms. The fourth-order valence-corrected chi connectivity index (χ4v) is 0.189. The Kier molecular flexibility index (Phi) is 4.18. The first-order valence-electron chi connectivity index (χ1n) is 1.46. The van der Waals surface area contributed by atoms with Crippen molar-refractivity contribution in [3.05, 3.63) is 12.4 Å². The zero-order valence-electron chi connectivity index (χ0n) is 2.95. The van der Waals surface area contributed by atoms with Gasteiger partial charge >= 0.3 is 0 Å². The van der Waals surface area contributed by atoms with Crippen molar-refractivity contribution in [2.45, 2.75) is 0 Å². The van der Waals surface area contributed by atoms with Crippen LogP contribution >= 0.6 is 9.24 Å². The molecule has 0 aliphatic heterocycles. The van der Waals surface area contributed by atoms with Gasteiger partial charge in [0, 0.05) is 0 Å². The summed E-state index contributed by atoms with van der Waals surface area (Å²) >= 11 is 0. The van der Waals surface area contributed by atoms with Crippen LogP contribution in [0.2, 0.25) is 0 Å². The highest BCUT2D eigenvalue weighted by molar-refractivity contribution is 7.16. The predicted molar refractivity (Wildman–Crippen MR) is 26.2 cm³/mol. The van der Waals surface area contributed by atoms with Crippen LogP contribution in [0.25, 0.3) is 0 Å². The Morgan fingerprint density at radius 1 is 1.80 bits per heavy atom. The number of rotatable bonds is 1. The Hall–Kier alpha value is 0.100. The van der Waals surface area contributed by atoms with Crippen molar-refractivity contribution in [2.75, 3.05) is 6.16 Å². The monoisotopic (exact) mass is 93.0 g/mol. The van der Waals surface area contributed by atoms with Gasteiger partial charge in [-0.05, 0) is 15.3 Å². The van der Waals surface area contributed by atoms with Crippen LogP contribution < -0.4 is 0 Å². The topological polar surface area (TPSA) is 0 Å². The summed E-state index contributed by atoms with van der Waals surface area (Å²) in [5.74, 6) is 0. The van der Waals surface area contributed by atoms with Gasteiger partial charge in [-0.25, -0.2) is 4.39 Å². The maximum absolute atomic E-state index is 10.8. The van der Waals surface area contributed by atoms with E-state index in [1.54, 1.807) is 9.24 Å². The largest absolute Gasteiger partial charge is 0.216 e. The molecular formula is C3H7FP+. The molecule has 0 spiro atoms. The fourth-order valence-electron chi connectivity index (χ4n) is 0.0630. The number of halogens is 1. The molecule has 0 saturated heterocycles. The van der Waals surface area contributed by atoms with Crippen molar-refractivity contribution in [2.24, 2.45) is 0 Å². The Morgan fingerprint density at radius 2 is 2.40 bits per heavy atom. The molecule has 1 unspecified atom stereocenters. The average molecular weight is 93.1 g/mol. The molecule has 1 atom stereocenters. The number of allylic oxidation sites excluding steroid dienone is 1. The van der Waals surface area contributed by atoms with Gasteiger partial charge in [-0.2, -0.15) is 0 Å². The van der Waals surface area contributed by atoms with Gasteiger partial charge in [0.1, 0.15) is 0 Å². The minimum atomic E-state index is 0.562. The van der Waals surface area contributed by atoms with Crippen LogP contribution in [0, 0.1) is 0 Å². The van der Waals surface area contributed by atoms with Gasteiger partial charge in [0.25, 0.3) is 0 Å². The highest BCUT2D eigenvalue weighted by Crippen LogP contribution is 1.79. The fraction of sp³-hybridized carbons (Fsp3) is 0.333. The SMILES string of the molecule is FC=CC[PH3+]. The first-order valence-corrected chi connectivity index (χ1v) is 2.46. The molecule has 0 rings (SSSR count). The van der Waals surface area contributed by atoms with Gasteiger partial charge in [0.05, 0.1) is 12.5 Å². The van der Waals surface area contributed by atoms with Crippen molar-refractivity contribution < 1.29 is 4.39 Å². The highest BCUT2D eigenvalue weighted by atomic mass is 31.0. The summed E-state index contributed by atoms with van der Waals surface area (Å²) in [6.07, 6.45) is 2.85. The zero-order chi connectivity index (χ0) is 4.12. The summed E-state index contributed by atoms with van der Waals surface area (Å²) in [6, 6.07) is 0. The number of hydrogen-bond donors (Lipinski definition) is 0. The second-order valence-electron chi connectivity index (χ2n) is 0.650. The van der Waals surface area contributed by atoms with Gasteiger partial charge < -0.3 is 0 Å². The molecule has 0 aliphatic carbocycles. The summed E-state index contributed by atoms with van der Waals surface area (Å²) in [5, 5.41) is 0. The molecule has 0 radical (unpaired) electrons. The molecule has 0 amide bonds. The normalized spacial score (nSPS) is 10.6. The van der Waals surface area contributed by atoms with Gasteiger partial charge in [-0.3, -0.25) is 0 Å². The minimum Gasteiger partial charge on any atom is -0.216 e. The molecule has 0 nitrogen and oxygen atoms in total. The lowest BCUT2D eigenvalue weighted by molar-refractivity contribution is 0.719. The average Bonchev–Trinajstić information content (AvgIpc) is 1.41. The van der Waals surface area contributed by atoms with Crippen LogP contribution in [0.5, 0.6) is 0 Å². The third-order valence-corrected chi connectivity index (χ3v) is 0.589. The lowest BCUT2D eigenvalue weighted by Crippen LogP contribution is -1.48. The van der Waals surface area contributed by atoms with Crippen LogP contribution in [-0.4, -0.2) is 6.16 Å². The van der Waals surface area contributed by atoms with E-state index < -0.39 is 0 Å². The first-order chi connectivity index (χ1) is 2.41. The van der Waals surface area contributed by atoms with E-state index in [1.165, 1.54) is 6.08 Å². The molecule has 0 heterocycles. The summed E-state index contributed by atoms with van der Waals surface area (Å²) in [6.45, 7) is 0. The zero-order valence-corrected chi connectivity index (χ0v) is 4.36. The Morgan fingerprint density at radius 3 is 2.40 bits per heavy atom. The van der Waals surface area contributed by atoms with E-state index >= 15 is 0 Å². The van der Waals surface area contributed by atoms with Crippen LogP contribution in [0.4, 0.5) is 4.39 Å². The molecule has 0 fully saturated rings. The van der Waals surface area contributed by atoms with Gasteiger partial charge in [0.15, 0.2) is 0 Å². The standard InChI is InChI=1S/C3H6FP/c4-2-1-3-5/h1-2H,3,5H2/p+1. The van der Waals surface area contributed by atoms with Crippen molar-refractivity contribution in [1.82, 2.24) is 0 Å². The summed E-state index contributed by atoms with van der Waals surface area (Å²) in [5.41, 5.74) is 0. The van der Waals surface area contributed by atoms with E-state index in [0.717, 1.165) is 6.16 Å². The quantitative estimate of drug-likeness (QED) is 0.425. The van der Waals surface area contributed by atoms with E-state index in [0.29, 0.717) is 6.33 Å². The smallest absolute Gasteiger partial charge is 0.0862 e. The van der Waals surface area contributed by atoms with Crippen molar-refractivity contribution >= 4 is 9.24 Å². The second-order valence-corrected chi connectivity index (χ2v) is 1.23. The van der Waals surface area contributed by atoms with E-state index in [2.05, 4.69) is 0 Å². The molecule has 0 N–H and O–H groups in total. The molecule has 0 saturated carbocycles.